The Kier molecular flexibility index (Phi) is 4.91. The van der Waals surface area contributed by atoms with Crippen LogP contribution in [0.15, 0.2) is 24.3 Å². The molecular weight excluding hydrogens is 317 g/mol. The van der Waals surface area contributed by atoms with E-state index in [0.717, 1.165) is 45.1 Å². The number of hydrogen-bond donors (Lipinski definition) is 1. The maximum absolute atomic E-state index is 12.8. The number of nitrogens with zero attached hydrogens (tertiary/aromatic N) is 2. The molecular formula is C18H25F3N2O. The fraction of sp³-hybridized carbons (Fsp3) is 0.667. The average Bonchev–Trinajstić information content (AvgIpc) is 2.85. The monoisotopic (exact) mass is 342 g/mol. The first kappa shape index (κ1) is 17.7. The van der Waals surface area contributed by atoms with Crippen LogP contribution in [0.25, 0.3) is 0 Å². The fourth-order valence-electron chi connectivity index (χ4n) is 4.38. The van der Waals surface area contributed by atoms with Gasteiger partial charge in [0.1, 0.15) is 0 Å². The minimum atomic E-state index is -4.29. The van der Waals surface area contributed by atoms with Crippen molar-refractivity contribution < 1.29 is 18.3 Å². The van der Waals surface area contributed by atoms with Crippen molar-refractivity contribution in [2.75, 3.05) is 39.8 Å². The second-order valence-electron chi connectivity index (χ2n) is 7.41. The van der Waals surface area contributed by atoms with Crippen LogP contribution in [0.5, 0.6) is 0 Å². The van der Waals surface area contributed by atoms with Crippen LogP contribution in [0.2, 0.25) is 0 Å². The van der Waals surface area contributed by atoms with Crippen LogP contribution in [0.1, 0.15) is 24.0 Å². The van der Waals surface area contributed by atoms with E-state index in [1.807, 2.05) is 0 Å². The zero-order valence-corrected chi connectivity index (χ0v) is 14.0. The van der Waals surface area contributed by atoms with E-state index in [1.165, 1.54) is 12.1 Å². The normalized spacial score (nSPS) is 25.5. The molecule has 0 aromatic heterocycles. The summed E-state index contributed by atoms with van der Waals surface area (Å²) in [5, 5.41) is 9.66. The van der Waals surface area contributed by atoms with Crippen molar-refractivity contribution in [3.8, 4) is 0 Å². The van der Waals surface area contributed by atoms with Crippen LogP contribution < -0.4 is 0 Å². The molecule has 1 aromatic rings. The number of aliphatic hydroxyl groups excluding tert-OH is 1. The van der Waals surface area contributed by atoms with Gasteiger partial charge in [-0.05, 0) is 50.0 Å². The van der Waals surface area contributed by atoms with Crippen LogP contribution in [-0.4, -0.2) is 54.7 Å². The second kappa shape index (κ2) is 6.65. The average molecular weight is 342 g/mol. The highest BCUT2D eigenvalue weighted by Crippen LogP contribution is 2.44. The molecule has 0 amide bonds. The number of aliphatic hydroxyl groups is 1. The van der Waals surface area contributed by atoms with Gasteiger partial charge in [-0.15, -0.1) is 0 Å². The molecule has 3 rings (SSSR count). The number of alkyl halides is 3. The van der Waals surface area contributed by atoms with Crippen LogP contribution >= 0.6 is 0 Å². The Morgan fingerprint density at radius 3 is 2.58 bits per heavy atom. The summed E-state index contributed by atoms with van der Waals surface area (Å²) in [6.45, 7) is 4.47. The summed E-state index contributed by atoms with van der Waals surface area (Å²) >= 11 is 0. The number of likely N-dealkylation sites (tertiary alicyclic amines) is 2. The Morgan fingerprint density at radius 1 is 1.25 bits per heavy atom. The van der Waals surface area contributed by atoms with Gasteiger partial charge in [-0.25, -0.2) is 0 Å². The Labute approximate surface area is 141 Å². The molecule has 1 aromatic carbocycles. The van der Waals surface area contributed by atoms with Crippen LogP contribution in [0, 0.1) is 11.3 Å². The molecule has 0 radical (unpaired) electrons. The second-order valence-corrected chi connectivity index (χ2v) is 7.41. The largest absolute Gasteiger partial charge is 0.416 e. The van der Waals surface area contributed by atoms with Crippen molar-refractivity contribution in [3.05, 3.63) is 35.4 Å². The lowest BCUT2D eigenvalue weighted by Crippen LogP contribution is -2.44. The number of hydrogen-bond acceptors (Lipinski definition) is 3. The van der Waals surface area contributed by atoms with Gasteiger partial charge in [0.15, 0.2) is 0 Å². The Hall–Kier alpha value is -1.11. The Bertz CT molecular complexity index is 568. The van der Waals surface area contributed by atoms with Gasteiger partial charge in [0, 0.05) is 32.2 Å². The van der Waals surface area contributed by atoms with Crippen LogP contribution in [0.3, 0.4) is 0 Å². The molecule has 1 unspecified atom stereocenters. The van der Waals surface area contributed by atoms with E-state index >= 15 is 0 Å². The molecule has 2 heterocycles. The standard InChI is InChI=1S/C18H25F3N2O/c1-22-11-16(12-24)17(13-22)5-7-23(8-6-17)10-14-3-2-4-15(9-14)18(19,20)21/h2-4,9,16,24H,5-8,10-13H2,1H3. The third kappa shape index (κ3) is 3.60. The predicted octanol–water partition coefficient (Wildman–Crippen LogP) is 2.84. The SMILES string of the molecule is CN1CC(CO)C2(CCN(Cc3cccc(C(F)(F)F)c3)CC2)C1. The van der Waals surface area contributed by atoms with E-state index in [0.29, 0.717) is 18.0 Å². The van der Waals surface area contributed by atoms with Crippen LogP contribution in [-0.2, 0) is 12.7 Å². The molecule has 0 saturated carbocycles. The molecule has 24 heavy (non-hydrogen) atoms. The highest BCUT2D eigenvalue weighted by Gasteiger charge is 2.46. The maximum atomic E-state index is 12.8. The summed E-state index contributed by atoms with van der Waals surface area (Å²) in [5.41, 5.74) is 0.308. The number of benzene rings is 1. The van der Waals surface area contributed by atoms with Crippen molar-refractivity contribution in [2.45, 2.75) is 25.6 Å². The highest BCUT2D eigenvalue weighted by molar-refractivity contribution is 5.25. The molecule has 1 spiro atoms. The minimum Gasteiger partial charge on any atom is -0.396 e. The summed E-state index contributed by atoms with van der Waals surface area (Å²) in [5.74, 6) is 0.318. The quantitative estimate of drug-likeness (QED) is 0.915. The van der Waals surface area contributed by atoms with E-state index in [4.69, 9.17) is 0 Å². The van der Waals surface area contributed by atoms with Gasteiger partial charge >= 0.3 is 6.18 Å². The van der Waals surface area contributed by atoms with Crippen molar-refractivity contribution in [2.24, 2.45) is 11.3 Å². The molecule has 2 saturated heterocycles. The third-order valence-corrected chi connectivity index (χ3v) is 5.72. The summed E-state index contributed by atoms with van der Waals surface area (Å²) in [4.78, 5) is 4.51. The van der Waals surface area contributed by atoms with E-state index in [2.05, 4.69) is 16.8 Å². The Balaban J connectivity index is 1.62. The first-order chi connectivity index (χ1) is 11.3. The van der Waals surface area contributed by atoms with E-state index in [-0.39, 0.29) is 12.0 Å². The molecule has 2 aliphatic rings. The zero-order valence-electron chi connectivity index (χ0n) is 14.0. The van der Waals surface area contributed by atoms with Crippen molar-refractivity contribution in [1.29, 1.82) is 0 Å². The lowest BCUT2D eigenvalue weighted by molar-refractivity contribution is -0.137. The number of halogens is 3. The molecule has 2 fully saturated rings. The highest BCUT2D eigenvalue weighted by atomic mass is 19.4. The number of piperidine rings is 1. The van der Waals surface area contributed by atoms with Gasteiger partial charge in [-0.3, -0.25) is 4.90 Å². The van der Waals surface area contributed by atoms with Gasteiger partial charge in [0.05, 0.1) is 5.56 Å². The summed E-state index contributed by atoms with van der Waals surface area (Å²) in [7, 11) is 2.09. The van der Waals surface area contributed by atoms with Gasteiger partial charge in [-0.1, -0.05) is 18.2 Å². The third-order valence-electron chi connectivity index (χ3n) is 5.72. The van der Waals surface area contributed by atoms with E-state index < -0.39 is 11.7 Å². The van der Waals surface area contributed by atoms with Gasteiger partial charge < -0.3 is 10.0 Å². The van der Waals surface area contributed by atoms with Crippen LogP contribution in [0.4, 0.5) is 13.2 Å². The topological polar surface area (TPSA) is 26.7 Å². The lowest BCUT2D eigenvalue weighted by Gasteiger charge is -2.42. The molecule has 0 bridgehead atoms. The Morgan fingerprint density at radius 2 is 1.96 bits per heavy atom. The minimum absolute atomic E-state index is 0.174. The van der Waals surface area contributed by atoms with E-state index in [1.54, 1.807) is 6.07 Å². The number of rotatable bonds is 3. The van der Waals surface area contributed by atoms with Crippen molar-refractivity contribution in [3.63, 3.8) is 0 Å². The fourth-order valence-corrected chi connectivity index (χ4v) is 4.38. The molecule has 0 aliphatic carbocycles. The smallest absolute Gasteiger partial charge is 0.396 e. The maximum Gasteiger partial charge on any atom is 0.416 e. The van der Waals surface area contributed by atoms with Crippen molar-refractivity contribution in [1.82, 2.24) is 9.80 Å². The lowest BCUT2D eigenvalue weighted by atomic mass is 9.71. The molecule has 1 N–H and O–H groups in total. The first-order valence-electron chi connectivity index (χ1n) is 8.50. The molecule has 134 valence electrons. The molecule has 2 aliphatic heterocycles. The summed E-state index contributed by atoms with van der Waals surface area (Å²) in [6, 6.07) is 5.62. The van der Waals surface area contributed by atoms with Gasteiger partial charge in [0.25, 0.3) is 0 Å². The van der Waals surface area contributed by atoms with Gasteiger partial charge in [-0.2, -0.15) is 13.2 Å². The predicted molar refractivity (Wildman–Crippen MR) is 86.5 cm³/mol. The van der Waals surface area contributed by atoms with E-state index in [9.17, 15) is 18.3 Å². The first-order valence-corrected chi connectivity index (χ1v) is 8.50. The summed E-state index contributed by atoms with van der Waals surface area (Å²) < 4.78 is 38.5. The van der Waals surface area contributed by atoms with Crippen molar-refractivity contribution >= 4 is 0 Å². The zero-order chi connectivity index (χ0) is 17.4. The molecule has 6 heteroatoms. The molecule has 3 nitrogen and oxygen atoms in total. The summed E-state index contributed by atoms with van der Waals surface area (Å²) in [6.07, 6.45) is -2.28. The van der Waals surface area contributed by atoms with Gasteiger partial charge in [0.2, 0.25) is 0 Å². The molecule has 1 atom stereocenters.